The zero-order valence-electron chi connectivity index (χ0n) is 13.3. The highest BCUT2D eigenvalue weighted by molar-refractivity contribution is 6.30. The lowest BCUT2D eigenvalue weighted by molar-refractivity contribution is -0.122. The number of imide groups is 1. The van der Waals surface area contributed by atoms with E-state index in [2.05, 4.69) is 10.1 Å². The van der Waals surface area contributed by atoms with Crippen molar-refractivity contribution in [2.45, 2.75) is 44.9 Å². The SMILES string of the molecule is CCOC(=O)NC(=O)COc1ccc(Cl)cc1C1CCCCC1. The van der Waals surface area contributed by atoms with Gasteiger partial charge in [-0.15, -0.1) is 0 Å². The molecule has 0 radical (unpaired) electrons. The van der Waals surface area contributed by atoms with Crippen molar-refractivity contribution in [1.82, 2.24) is 5.32 Å². The second-order valence-electron chi connectivity index (χ2n) is 5.57. The fourth-order valence-electron chi connectivity index (χ4n) is 2.84. The molecule has 0 bridgehead atoms. The van der Waals surface area contributed by atoms with E-state index in [0.717, 1.165) is 18.4 Å². The van der Waals surface area contributed by atoms with Gasteiger partial charge in [0.2, 0.25) is 0 Å². The molecule has 0 unspecified atom stereocenters. The van der Waals surface area contributed by atoms with Crippen LogP contribution >= 0.6 is 11.6 Å². The number of benzene rings is 1. The largest absolute Gasteiger partial charge is 0.483 e. The van der Waals surface area contributed by atoms with Crippen LogP contribution in [0.5, 0.6) is 5.75 Å². The lowest BCUT2D eigenvalue weighted by Gasteiger charge is -2.24. The van der Waals surface area contributed by atoms with E-state index in [0.29, 0.717) is 16.7 Å². The average molecular weight is 340 g/mol. The summed E-state index contributed by atoms with van der Waals surface area (Å²) in [6.07, 6.45) is 5.09. The maximum atomic E-state index is 11.7. The van der Waals surface area contributed by atoms with E-state index >= 15 is 0 Å². The third-order valence-corrected chi connectivity index (χ3v) is 4.13. The fourth-order valence-corrected chi connectivity index (χ4v) is 3.02. The quantitative estimate of drug-likeness (QED) is 0.879. The molecular formula is C17H22ClNO4. The molecule has 0 spiro atoms. The molecule has 0 aromatic heterocycles. The first-order chi connectivity index (χ1) is 11.1. The smallest absolute Gasteiger partial charge is 0.413 e. The number of halogens is 1. The van der Waals surface area contributed by atoms with E-state index in [1.807, 2.05) is 6.07 Å². The van der Waals surface area contributed by atoms with Crippen molar-refractivity contribution >= 4 is 23.6 Å². The van der Waals surface area contributed by atoms with Crippen LogP contribution in [-0.4, -0.2) is 25.2 Å². The normalized spacial score (nSPS) is 15.0. The third kappa shape index (κ3) is 5.43. The highest BCUT2D eigenvalue weighted by Crippen LogP contribution is 2.38. The number of hydrogen-bond donors (Lipinski definition) is 1. The zero-order chi connectivity index (χ0) is 16.7. The first-order valence-corrected chi connectivity index (χ1v) is 8.36. The van der Waals surface area contributed by atoms with Gasteiger partial charge in [-0.1, -0.05) is 30.9 Å². The third-order valence-electron chi connectivity index (χ3n) is 3.89. The van der Waals surface area contributed by atoms with Crippen LogP contribution in [0.3, 0.4) is 0 Å². The molecule has 1 N–H and O–H groups in total. The number of nitrogens with one attached hydrogen (secondary N) is 1. The Morgan fingerprint density at radius 2 is 2.00 bits per heavy atom. The Kier molecular flexibility index (Phi) is 6.71. The molecule has 2 amide bonds. The van der Waals surface area contributed by atoms with Crippen molar-refractivity contribution in [3.8, 4) is 5.75 Å². The van der Waals surface area contributed by atoms with Crippen LogP contribution in [0.25, 0.3) is 0 Å². The van der Waals surface area contributed by atoms with Crippen LogP contribution in [0.2, 0.25) is 5.02 Å². The van der Waals surface area contributed by atoms with E-state index in [1.54, 1.807) is 19.1 Å². The number of amides is 2. The second kappa shape index (κ2) is 8.77. The first kappa shape index (κ1) is 17.6. The van der Waals surface area contributed by atoms with E-state index in [9.17, 15) is 9.59 Å². The van der Waals surface area contributed by atoms with E-state index in [1.165, 1.54) is 19.3 Å². The molecule has 2 rings (SSSR count). The summed E-state index contributed by atoms with van der Waals surface area (Å²) in [5, 5.41) is 2.77. The summed E-state index contributed by atoms with van der Waals surface area (Å²) >= 11 is 6.11. The maximum absolute atomic E-state index is 11.7. The molecule has 0 atom stereocenters. The second-order valence-corrected chi connectivity index (χ2v) is 6.01. The van der Waals surface area contributed by atoms with Gasteiger partial charge >= 0.3 is 6.09 Å². The Balaban J connectivity index is 1.99. The van der Waals surface area contributed by atoms with Crippen molar-refractivity contribution in [3.63, 3.8) is 0 Å². The molecule has 126 valence electrons. The first-order valence-electron chi connectivity index (χ1n) is 7.99. The Bertz CT molecular complexity index is 556. The summed E-state index contributed by atoms with van der Waals surface area (Å²) in [6.45, 7) is 1.65. The van der Waals surface area contributed by atoms with Gasteiger partial charge < -0.3 is 9.47 Å². The molecule has 1 aliphatic rings. The highest BCUT2D eigenvalue weighted by atomic mass is 35.5. The van der Waals surface area contributed by atoms with E-state index < -0.39 is 12.0 Å². The Hall–Kier alpha value is -1.75. The molecule has 0 aliphatic heterocycles. The van der Waals surface area contributed by atoms with Crippen molar-refractivity contribution in [2.75, 3.05) is 13.2 Å². The molecule has 1 saturated carbocycles. The number of rotatable bonds is 5. The Morgan fingerprint density at radius 1 is 1.26 bits per heavy atom. The summed E-state index contributed by atoms with van der Waals surface area (Å²) in [6, 6.07) is 5.44. The number of ether oxygens (including phenoxy) is 2. The van der Waals surface area contributed by atoms with Gasteiger partial charge in [-0.3, -0.25) is 10.1 Å². The number of hydrogen-bond acceptors (Lipinski definition) is 4. The van der Waals surface area contributed by atoms with Gasteiger partial charge in [-0.2, -0.15) is 0 Å². The van der Waals surface area contributed by atoms with E-state index in [-0.39, 0.29) is 13.2 Å². The van der Waals surface area contributed by atoms with Gasteiger partial charge in [-0.25, -0.2) is 4.79 Å². The summed E-state index contributed by atoms with van der Waals surface area (Å²) in [5.74, 6) is 0.527. The highest BCUT2D eigenvalue weighted by Gasteiger charge is 2.20. The van der Waals surface area contributed by atoms with Crippen LogP contribution in [-0.2, 0) is 9.53 Å². The van der Waals surface area contributed by atoms with Crippen LogP contribution in [0, 0.1) is 0 Å². The number of carbonyl (C=O) groups excluding carboxylic acids is 2. The van der Waals surface area contributed by atoms with Crippen LogP contribution in [0.15, 0.2) is 18.2 Å². The van der Waals surface area contributed by atoms with Crippen molar-refractivity contribution in [1.29, 1.82) is 0 Å². The fraction of sp³-hybridized carbons (Fsp3) is 0.529. The van der Waals surface area contributed by atoms with Crippen LogP contribution in [0.4, 0.5) is 4.79 Å². The minimum atomic E-state index is -0.760. The molecule has 0 saturated heterocycles. The number of carbonyl (C=O) groups is 2. The average Bonchev–Trinajstić information content (AvgIpc) is 2.54. The summed E-state index contributed by atoms with van der Waals surface area (Å²) < 4.78 is 10.3. The maximum Gasteiger partial charge on any atom is 0.413 e. The molecule has 0 heterocycles. The van der Waals surface area contributed by atoms with Crippen molar-refractivity contribution in [2.24, 2.45) is 0 Å². The Labute approximate surface area is 141 Å². The monoisotopic (exact) mass is 339 g/mol. The molecular weight excluding hydrogens is 318 g/mol. The lowest BCUT2D eigenvalue weighted by Crippen LogP contribution is -2.34. The lowest BCUT2D eigenvalue weighted by atomic mass is 9.84. The summed E-state index contributed by atoms with van der Waals surface area (Å²) in [7, 11) is 0. The Morgan fingerprint density at radius 3 is 2.70 bits per heavy atom. The van der Waals surface area contributed by atoms with Crippen molar-refractivity contribution < 1.29 is 19.1 Å². The van der Waals surface area contributed by atoms with Crippen LogP contribution in [0.1, 0.15) is 50.5 Å². The van der Waals surface area contributed by atoms with Gasteiger partial charge in [0.1, 0.15) is 5.75 Å². The zero-order valence-corrected chi connectivity index (χ0v) is 14.0. The minimum Gasteiger partial charge on any atom is -0.483 e. The molecule has 6 heteroatoms. The van der Waals surface area contributed by atoms with Gasteiger partial charge in [-0.05, 0) is 49.4 Å². The molecule has 1 aliphatic carbocycles. The molecule has 1 aromatic carbocycles. The van der Waals surface area contributed by atoms with Crippen LogP contribution < -0.4 is 10.1 Å². The molecule has 23 heavy (non-hydrogen) atoms. The van der Waals surface area contributed by atoms with E-state index in [4.69, 9.17) is 16.3 Å². The molecule has 1 aromatic rings. The van der Waals surface area contributed by atoms with Gasteiger partial charge in [0.15, 0.2) is 6.61 Å². The van der Waals surface area contributed by atoms with Gasteiger partial charge in [0.25, 0.3) is 5.91 Å². The molecule has 1 fully saturated rings. The van der Waals surface area contributed by atoms with Gasteiger partial charge in [0, 0.05) is 5.02 Å². The molecule has 5 nitrogen and oxygen atoms in total. The topological polar surface area (TPSA) is 64.6 Å². The minimum absolute atomic E-state index is 0.211. The summed E-state index contributed by atoms with van der Waals surface area (Å²) in [4.78, 5) is 22.9. The van der Waals surface area contributed by atoms with Gasteiger partial charge in [0.05, 0.1) is 6.61 Å². The predicted octanol–water partition coefficient (Wildman–Crippen LogP) is 4.04. The standard InChI is InChI=1S/C17H22ClNO4/c1-2-22-17(21)19-16(20)11-23-15-9-8-13(18)10-14(15)12-6-4-3-5-7-12/h8-10,12H,2-7,11H2,1H3,(H,19,20,21). The summed E-state index contributed by atoms with van der Waals surface area (Å²) in [5.41, 5.74) is 1.04. The number of alkyl carbamates (subject to hydrolysis) is 1. The van der Waals surface area contributed by atoms with Crippen molar-refractivity contribution in [3.05, 3.63) is 28.8 Å². The predicted molar refractivity (Wildman–Crippen MR) is 87.9 cm³/mol.